The first kappa shape index (κ1) is 36.8. The molecule has 19 heteroatoms. The highest BCUT2D eigenvalue weighted by Crippen LogP contribution is 2.31. The summed E-state index contributed by atoms with van der Waals surface area (Å²) in [6.45, 7) is 6.72. The molecule has 2 atom stereocenters. The molecule has 1 aromatic heterocycles. The molecule has 0 aromatic carbocycles. The fourth-order valence-electron chi connectivity index (χ4n) is 3.63. The van der Waals surface area contributed by atoms with Gasteiger partial charge in [0.1, 0.15) is 0 Å². The molecule has 10 nitrogen and oxygen atoms in total. The molecule has 0 amide bonds. The number of halogens is 9. The highest BCUT2D eigenvalue weighted by Gasteiger charge is 2.40. The van der Waals surface area contributed by atoms with E-state index in [0.717, 1.165) is 25.6 Å². The SMILES string of the molecule is O=C(O)C(F)(F)F.O=C(O)C(F)(F)F.O=C(O)C(F)(F)F.c1cncc(CN2CCN3C[C@H](OCC4CC4)C[C@H]3C2)c1. The van der Waals surface area contributed by atoms with Crippen molar-refractivity contribution in [1.29, 1.82) is 0 Å². The van der Waals surface area contributed by atoms with Crippen molar-refractivity contribution in [2.75, 3.05) is 32.8 Å². The first-order chi connectivity index (χ1) is 19.2. The van der Waals surface area contributed by atoms with Gasteiger partial charge in [0, 0.05) is 57.8 Å². The van der Waals surface area contributed by atoms with Gasteiger partial charge in [0.25, 0.3) is 0 Å². The van der Waals surface area contributed by atoms with E-state index in [-0.39, 0.29) is 0 Å². The van der Waals surface area contributed by atoms with Crippen LogP contribution in [0.4, 0.5) is 39.5 Å². The van der Waals surface area contributed by atoms with Crippen LogP contribution in [0.1, 0.15) is 24.8 Å². The third-order valence-electron chi connectivity index (χ3n) is 5.78. The van der Waals surface area contributed by atoms with Gasteiger partial charge >= 0.3 is 36.4 Å². The van der Waals surface area contributed by atoms with Crippen molar-refractivity contribution >= 4 is 17.9 Å². The zero-order valence-electron chi connectivity index (χ0n) is 21.6. The van der Waals surface area contributed by atoms with Gasteiger partial charge in [-0.2, -0.15) is 39.5 Å². The molecule has 1 saturated carbocycles. The molecule has 3 fully saturated rings. The number of nitrogens with zero attached hydrogens (tertiary/aromatic N) is 3. The Kier molecular flexibility index (Phi) is 13.9. The van der Waals surface area contributed by atoms with Crippen molar-refractivity contribution in [3.8, 4) is 0 Å². The van der Waals surface area contributed by atoms with Crippen LogP contribution in [0.25, 0.3) is 0 Å². The molecule has 42 heavy (non-hydrogen) atoms. The minimum atomic E-state index is -5.08. The quantitative estimate of drug-likeness (QED) is 0.414. The summed E-state index contributed by atoms with van der Waals surface area (Å²) >= 11 is 0. The van der Waals surface area contributed by atoms with Gasteiger partial charge < -0.3 is 20.1 Å². The fraction of sp³-hybridized carbons (Fsp3) is 0.652. The predicted octanol–water partition coefficient (Wildman–Crippen LogP) is 3.67. The lowest BCUT2D eigenvalue weighted by molar-refractivity contribution is -0.193. The van der Waals surface area contributed by atoms with Crippen LogP contribution in [-0.2, 0) is 25.7 Å². The van der Waals surface area contributed by atoms with Crippen LogP contribution in [0.3, 0.4) is 0 Å². The van der Waals surface area contributed by atoms with E-state index in [0.29, 0.717) is 12.1 Å². The second-order valence-corrected chi connectivity index (χ2v) is 9.29. The zero-order chi connectivity index (χ0) is 32.3. The second-order valence-electron chi connectivity index (χ2n) is 9.29. The number of aliphatic carboxylic acids is 3. The second kappa shape index (κ2) is 15.9. The highest BCUT2D eigenvalue weighted by molar-refractivity contribution is 5.73. The standard InChI is InChI=1S/C17H25N3O.3C2HF3O2/c1-2-15(9-18-5-1)10-19-6-7-20-12-17(8-16(20)11-19)21-13-14-3-4-14;3*3-2(4,5)1(6)7/h1-2,5,9,14,16-17H,3-4,6-8,10-13H2;3*(H,6,7)/t16-,17+;;;/m0.../s1. The molecule has 0 spiro atoms. The molecular formula is C23H28F9N3O7. The summed E-state index contributed by atoms with van der Waals surface area (Å²) in [5.41, 5.74) is 1.32. The van der Waals surface area contributed by atoms with Gasteiger partial charge in [-0.25, -0.2) is 14.4 Å². The van der Waals surface area contributed by atoms with Crippen LogP contribution in [0.5, 0.6) is 0 Å². The molecule has 4 rings (SSSR count). The Morgan fingerprint density at radius 1 is 0.857 bits per heavy atom. The van der Waals surface area contributed by atoms with Gasteiger partial charge in [-0.1, -0.05) is 6.07 Å². The summed E-state index contributed by atoms with van der Waals surface area (Å²) in [4.78, 5) is 36.1. The van der Waals surface area contributed by atoms with Crippen LogP contribution in [-0.4, -0.2) is 111 Å². The predicted molar refractivity (Wildman–Crippen MR) is 123 cm³/mol. The van der Waals surface area contributed by atoms with E-state index in [9.17, 15) is 39.5 Å². The van der Waals surface area contributed by atoms with Crippen LogP contribution in [0, 0.1) is 5.92 Å². The minimum absolute atomic E-state index is 0.481. The Bertz CT molecular complexity index is 947. The molecule has 3 heterocycles. The van der Waals surface area contributed by atoms with Crippen LogP contribution >= 0.6 is 0 Å². The summed E-state index contributed by atoms with van der Waals surface area (Å²) in [5.74, 6) is -7.39. The normalized spacial score (nSPS) is 20.9. The number of carbonyl (C=O) groups is 3. The molecule has 2 saturated heterocycles. The number of rotatable bonds is 5. The first-order valence-electron chi connectivity index (χ1n) is 12.1. The summed E-state index contributed by atoms with van der Waals surface area (Å²) in [7, 11) is 0. The van der Waals surface area contributed by atoms with Crippen molar-refractivity contribution in [1.82, 2.24) is 14.8 Å². The molecule has 2 aliphatic heterocycles. The van der Waals surface area contributed by atoms with Crippen LogP contribution in [0.2, 0.25) is 0 Å². The maximum absolute atomic E-state index is 10.6. The lowest BCUT2D eigenvalue weighted by Crippen LogP contribution is -2.49. The summed E-state index contributed by atoms with van der Waals surface area (Å²) in [5, 5.41) is 21.4. The Hall–Kier alpha value is -3.19. The number of hydrogen-bond acceptors (Lipinski definition) is 7. The Morgan fingerprint density at radius 2 is 1.36 bits per heavy atom. The van der Waals surface area contributed by atoms with E-state index in [2.05, 4.69) is 20.9 Å². The first-order valence-corrected chi connectivity index (χ1v) is 12.1. The maximum Gasteiger partial charge on any atom is 0.490 e. The molecule has 0 unspecified atom stereocenters. The van der Waals surface area contributed by atoms with Gasteiger partial charge in [-0.15, -0.1) is 0 Å². The minimum Gasteiger partial charge on any atom is -0.475 e. The molecule has 3 N–H and O–H groups in total. The number of carboxylic acid groups (broad SMARTS) is 3. The van der Waals surface area contributed by atoms with Gasteiger partial charge in [0.15, 0.2) is 0 Å². The van der Waals surface area contributed by atoms with Crippen molar-refractivity contribution in [2.45, 2.75) is 56.5 Å². The van der Waals surface area contributed by atoms with Gasteiger partial charge in [0.2, 0.25) is 0 Å². The average molecular weight is 629 g/mol. The number of pyridine rings is 1. The fourth-order valence-corrected chi connectivity index (χ4v) is 3.63. The van der Waals surface area contributed by atoms with E-state index in [4.69, 9.17) is 34.4 Å². The zero-order valence-corrected chi connectivity index (χ0v) is 21.6. The van der Waals surface area contributed by atoms with E-state index in [1.54, 1.807) is 0 Å². The summed E-state index contributed by atoms with van der Waals surface area (Å²) in [6, 6.07) is 4.90. The number of aromatic nitrogens is 1. The lowest BCUT2D eigenvalue weighted by Gasteiger charge is -2.37. The smallest absolute Gasteiger partial charge is 0.475 e. The number of piperazine rings is 1. The number of ether oxygens (including phenoxy) is 1. The summed E-state index contributed by atoms with van der Waals surface area (Å²) < 4.78 is 101. The van der Waals surface area contributed by atoms with Crippen LogP contribution in [0.15, 0.2) is 24.5 Å². The molecule has 0 bridgehead atoms. The Labute approximate surface area is 232 Å². The number of carboxylic acids is 3. The third kappa shape index (κ3) is 15.2. The molecular weight excluding hydrogens is 601 g/mol. The van der Waals surface area contributed by atoms with Gasteiger partial charge in [-0.3, -0.25) is 14.8 Å². The van der Waals surface area contributed by atoms with Gasteiger partial charge in [0.05, 0.1) is 6.10 Å². The summed E-state index contributed by atoms with van der Waals surface area (Å²) in [6.07, 6.45) is -6.94. The highest BCUT2D eigenvalue weighted by atomic mass is 19.4. The number of fused-ring (bicyclic) bond motifs is 1. The average Bonchev–Trinajstić information content (AvgIpc) is 3.60. The van der Waals surface area contributed by atoms with Crippen molar-refractivity contribution < 1.29 is 74.0 Å². The van der Waals surface area contributed by atoms with Crippen molar-refractivity contribution in [2.24, 2.45) is 5.92 Å². The van der Waals surface area contributed by atoms with Crippen molar-refractivity contribution in [3.63, 3.8) is 0 Å². The van der Waals surface area contributed by atoms with E-state index in [1.807, 2.05) is 18.5 Å². The maximum atomic E-state index is 10.6. The monoisotopic (exact) mass is 629 g/mol. The Balaban J connectivity index is 0.000000348. The Morgan fingerprint density at radius 3 is 1.76 bits per heavy atom. The largest absolute Gasteiger partial charge is 0.490 e. The molecule has 1 aliphatic carbocycles. The van der Waals surface area contributed by atoms with E-state index < -0.39 is 36.4 Å². The molecule has 3 aliphatic rings. The number of alkyl halides is 9. The van der Waals surface area contributed by atoms with E-state index in [1.165, 1.54) is 44.5 Å². The molecule has 0 radical (unpaired) electrons. The van der Waals surface area contributed by atoms with Crippen molar-refractivity contribution in [3.05, 3.63) is 30.1 Å². The molecule has 1 aromatic rings. The topological polar surface area (TPSA) is 140 Å². The molecule has 240 valence electrons. The lowest BCUT2D eigenvalue weighted by atomic mass is 10.1. The third-order valence-corrected chi connectivity index (χ3v) is 5.78. The van der Waals surface area contributed by atoms with Gasteiger partial charge in [-0.05, 0) is 36.8 Å². The van der Waals surface area contributed by atoms with Crippen LogP contribution < -0.4 is 0 Å². The number of hydrogen-bond donors (Lipinski definition) is 3. The van der Waals surface area contributed by atoms with E-state index >= 15 is 0 Å².